The van der Waals surface area contributed by atoms with Crippen LogP contribution >= 0.6 is 0 Å². The lowest BCUT2D eigenvalue weighted by Gasteiger charge is -2.15. The van der Waals surface area contributed by atoms with Crippen molar-refractivity contribution in [2.75, 3.05) is 5.32 Å². The number of nitrogens with one attached hydrogen (secondary N) is 1. The third kappa shape index (κ3) is 3.56. The molecule has 1 fully saturated rings. The summed E-state index contributed by atoms with van der Waals surface area (Å²) in [5.74, 6) is -0.716. The molecule has 0 saturated heterocycles. The number of amides is 1. The van der Waals surface area contributed by atoms with E-state index >= 15 is 0 Å². The average molecular weight is 330 g/mol. The zero-order valence-corrected chi connectivity index (χ0v) is 13.4. The van der Waals surface area contributed by atoms with Gasteiger partial charge in [0.2, 0.25) is 5.76 Å². The van der Waals surface area contributed by atoms with Crippen LogP contribution in [0.5, 0.6) is 5.75 Å². The van der Waals surface area contributed by atoms with Crippen LogP contribution in [-0.2, 0) is 0 Å². The van der Waals surface area contributed by atoms with Crippen LogP contribution in [-0.4, -0.2) is 28.2 Å². The van der Waals surface area contributed by atoms with Gasteiger partial charge in [-0.2, -0.15) is 0 Å². The normalized spacial score (nSPS) is 13.8. The molecule has 2 aromatic rings. The smallest absolute Gasteiger partial charge is 0.335 e. The van der Waals surface area contributed by atoms with Crippen LogP contribution in [0.4, 0.5) is 5.69 Å². The Labute approximate surface area is 138 Å². The second kappa shape index (κ2) is 6.35. The van der Waals surface area contributed by atoms with E-state index in [0.717, 1.165) is 18.5 Å². The Morgan fingerprint density at radius 3 is 2.71 bits per heavy atom. The Balaban J connectivity index is 1.83. The molecule has 0 radical (unpaired) electrons. The van der Waals surface area contributed by atoms with Crippen LogP contribution in [0.15, 0.2) is 28.8 Å². The highest BCUT2D eigenvalue weighted by Crippen LogP contribution is 2.39. The Bertz CT molecular complexity index is 777. The van der Waals surface area contributed by atoms with Crippen molar-refractivity contribution >= 4 is 17.6 Å². The SMILES string of the molecule is CC(C)Oc1ccc(C(=O)O)cc1NC(=O)c1cc(C2CC2)no1. The van der Waals surface area contributed by atoms with Crippen LogP contribution in [0.3, 0.4) is 0 Å². The molecule has 1 aliphatic rings. The molecule has 1 amide bonds. The second-order valence-corrected chi connectivity index (χ2v) is 6.03. The third-order valence-corrected chi connectivity index (χ3v) is 3.59. The fourth-order valence-corrected chi connectivity index (χ4v) is 2.27. The minimum atomic E-state index is -1.09. The summed E-state index contributed by atoms with van der Waals surface area (Å²) < 4.78 is 10.7. The first-order valence-electron chi connectivity index (χ1n) is 7.76. The van der Waals surface area contributed by atoms with E-state index in [1.807, 2.05) is 13.8 Å². The highest BCUT2D eigenvalue weighted by Gasteiger charge is 2.28. The molecule has 3 rings (SSSR count). The lowest BCUT2D eigenvalue weighted by Crippen LogP contribution is -2.14. The van der Waals surface area contributed by atoms with Crippen molar-refractivity contribution in [2.45, 2.75) is 38.7 Å². The largest absolute Gasteiger partial charge is 0.489 e. The van der Waals surface area contributed by atoms with Crippen molar-refractivity contribution in [1.29, 1.82) is 0 Å². The number of rotatable bonds is 6. The summed E-state index contributed by atoms with van der Waals surface area (Å²) in [6.45, 7) is 3.68. The molecule has 0 atom stereocenters. The molecule has 24 heavy (non-hydrogen) atoms. The van der Waals surface area contributed by atoms with Gasteiger partial charge in [0.1, 0.15) is 5.75 Å². The van der Waals surface area contributed by atoms with Crippen LogP contribution in [0.2, 0.25) is 0 Å². The number of carbonyl (C=O) groups excluding carboxylic acids is 1. The number of nitrogens with zero attached hydrogens (tertiary/aromatic N) is 1. The van der Waals surface area contributed by atoms with E-state index in [2.05, 4.69) is 10.5 Å². The first-order chi connectivity index (χ1) is 11.4. The number of aromatic nitrogens is 1. The first-order valence-corrected chi connectivity index (χ1v) is 7.76. The van der Waals surface area contributed by atoms with Crippen molar-refractivity contribution in [1.82, 2.24) is 5.16 Å². The number of carboxylic acids is 1. The molecule has 0 unspecified atom stereocenters. The molecule has 1 aliphatic carbocycles. The maximum absolute atomic E-state index is 12.3. The highest BCUT2D eigenvalue weighted by atomic mass is 16.5. The van der Waals surface area contributed by atoms with E-state index < -0.39 is 11.9 Å². The number of carbonyl (C=O) groups is 2. The van der Waals surface area contributed by atoms with Gasteiger partial charge in [0.15, 0.2) is 0 Å². The summed E-state index contributed by atoms with van der Waals surface area (Å²) in [6, 6.07) is 5.93. The summed E-state index contributed by atoms with van der Waals surface area (Å²) in [7, 11) is 0. The number of benzene rings is 1. The van der Waals surface area contributed by atoms with Crippen molar-refractivity contribution in [3.05, 3.63) is 41.3 Å². The van der Waals surface area contributed by atoms with Crippen LogP contribution in [0, 0.1) is 0 Å². The molecule has 0 bridgehead atoms. The zero-order valence-electron chi connectivity index (χ0n) is 13.4. The number of carboxylic acid groups (broad SMARTS) is 1. The van der Waals surface area contributed by atoms with Gasteiger partial charge in [0.25, 0.3) is 5.91 Å². The van der Waals surface area contributed by atoms with E-state index in [1.165, 1.54) is 18.2 Å². The minimum absolute atomic E-state index is 0.0534. The van der Waals surface area contributed by atoms with E-state index in [-0.39, 0.29) is 23.1 Å². The van der Waals surface area contributed by atoms with Gasteiger partial charge in [-0.15, -0.1) is 0 Å². The van der Waals surface area contributed by atoms with Crippen molar-refractivity contribution < 1.29 is 24.0 Å². The molecule has 2 N–H and O–H groups in total. The summed E-state index contributed by atoms with van der Waals surface area (Å²) >= 11 is 0. The molecule has 126 valence electrons. The van der Waals surface area contributed by atoms with Gasteiger partial charge in [-0.25, -0.2) is 4.79 Å². The fraction of sp³-hybridized carbons (Fsp3) is 0.353. The molecule has 7 nitrogen and oxygen atoms in total. The first kappa shape index (κ1) is 16.0. The van der Waals surface area contributed by atoms with Crippen LogP contribution in [0.25, 0.3) is 0 Å². The van der Waals surface area contributed by atoms with Crippen LogP contribution < -0.4 is 10.1 Å². The molecule has 1 saturated carbocycles. The van der Waals surface area contributed by atoms with Gasteiger partial charge in [-0.05, 0) is 44.9 Å². The van der Waals surface area contributed by atoms with E-state index in [0.29, 0.717) is 11.7 Å². The monoisotopic (exact) mass is 330 g/mol. The zero-order chi connectivity index (χ0) is 17.3. The lowest BCUT2D eigenvalue weighted by atomic mass is 10.1. The van der Waals surface area contributed by atoms with E-state index in [9.17, 15) is 9.59 Å². The molecule has 0 aliphatic heterocycles. The van der Waals surface area contributed by atoms with Gasteiger partial charge in [0, 0.05) is 12.0 Å². The Morgan fingerprint density at radius 1 is 1.33 bits per heavy atom. The quantitative estimate of drug-likeness (QED) is 0.842. The molecular weight excluding hydrogens is 312 g/mol. The van der Waals surface area contributed by atoms with Crippen molar-refractivity contribution in [3.63, 3.8) is 0 Å². The predicted molar refractivity (Wildman–Crippen MR) is 85.6 cm³/mol. The Morgan fingerprint density at radius 2 is 2.08 bits per heavy atom. The molecule has 7 heteroatoms. The summed E-state index contributed by atoms with van der Waals surface area (Å²) in [5, 5.41) is 15.7. The average Bonchev–Trinajstić information content (AvgIpc) is 3.25. The Hall–Kier alpha value is -2.83. The molecule has 1 heterocycles. The molecule has 1 aromatic heterocycles. The molecule has 0 spiro atoms. The molecular formula is C17H18N2O5. The van der Waals surface area contributed by atoms with Gasteiger partial charge in [-0.3, -0.25) is 4.79 Å². The molecule has 1 aromatic carbocycles. The van der Waals surface area contributed by atoms with Gasteiger partial charge < -0.3 is 19.7 Å². The maximum atomic E-state index is 12.3. The van der Waals surface area contributed by atoms with Crippen molar-refractivity contribution in [2.24, 2.45) is 0 Å². The Kier molecular flexibility index (Phi) is 4.24. The third-order valence-electron chi connectivity index (χ3n) is 3.59. The van der Waals surface area contributed by atoms with E-state index in [1.54, 1.807) is 6.07 Å². The number of hydrogen-bond donors (Lipinski definition) is 2. The second-order valence-electron chi connectivity index (χ2n) is 6.03. The fourth-order valence-electron chi connectivity index (χ4n) is 2.27. The number of hydrogen-bond acceptors (Lipinski definition) is 5. The lowest BCUT2D eigenvalue weighted by molar-refractivity contribution is 0.0696. The summed E-state index contributed by atoms with van der Waals surface area (Å²) in [6.07, 6.45) is 1.99. The predicted octanol–water partition coefficient (Wildman–Crippen LogP) is 3.29. The van der Waals surface area contributed by atoms with Gasteiger partial charge in [-0.1, -0.05) is 5.16 Å². The van der Waals surface area contributed by atoms with Crippen molar-refractivity contribution in [3.8, 4) is 5.75 Å². The topological polar surface area (TPSA) is 102 Å². The number of ether oxygens (including phenoxy) is 1. The van der Waals surface area contributed by atoms with E-state index in [4.69, 9.17) is 14.4 Å². The minimum Gasteiger partial charge on any atom is -0.489 e. The summed E-state index contributed by atoms with van der Waals surface area (Å²) in [4.78, 5) is 23.5. The highest BCUT2D eigenvalue weighted by molar-refractivity contribution is 6.04. The summed E-state index contributed by atoms with van der Waals surface area (Å²) in [5.41, 5.74) is 1.11. The van der Waals surface area contributed by atoms with Gasteiger partial charge >= 0.3 is 5.97 Å². The maximum Gasteiger partial charge on any atom is 0.335 e. The number of anilines is 1. The number of aromatic carboxylic acids is 1. The van der Waals surface area contributed by atoms with Gasteiger partial charge in [0.05, 0.1) is 23.0 Å². The van der Waals surface area contributed by atoms with Crippen LogP contribution in [0.1, 0.15) is 59.2 Å². The standard InChI is InChI=1S/C17H18N2O5/c1-9(2)23-14-6-5-11(17(21)22)7-13(14)18-16(20)15-8-12(19-24-15)10-3-4-10/h5-10H,3-4H2,1-2H3,(H,18,20)(H,21,22).